The molecule has 4 aromatic rings. The molecule has 218 valence electrons. The molecule has 4 aromatic carbocycles. The average Bonchev–Trinajstić information content (AvgIpc) is 3.06. The predicted molar refractivity (Wildman–Crippen MR) is 167 cm³/mol. The van der Waals surface area contributed by atoms with Gasteiger partial charge >= 0.3 is 252 Å². The number of allylic oxidation sites excluding steroid dienone is 9. The van der Waals surface area contributed by atoms with Crippen LogP contribution in [0.15, 0.2) is 175 Å². The molecular formula is C37H27ClO5Se. The van der Waals surface area contributed by atoms with Crippen molar-refractivity contribution in [3.05, 3.63) is 197 Å². The normalized spacial score (nSPS) is 16.9. The van der Waals surface area contributed by atoms with E-state index in [-0.39, 0.29) is 0 Å². The second-order valence-electron chi connectivity index (χ2n) is 9.84. The first-order valence-corrected chi connectivity index (χ1v) is 17.4. The van der Waals surface area contributed by atoms with E-state index in [0.717, 1.165) is 44.9 Å². The molecule has 0 aromatic heterocycles. The molecule has 1 atom stereocenters. The van der Waals surface area contributed by atoms with Crippen LogP contribution in [0.1, 0.15) is 22.3 Å². The van der Waals surface area contributed by atoms with Gasteiger partial charge in [0.25, 0.3) is 0 Å². The van der Waals surface area contributed by atoms with Gasteiger partial charge < -0.3 is 0 Å². The Bertz CT molecular complexity index is 1790. The summed E-state index contributed by atoms with van der Waals surface area (Å²) in [5, 5.41) is 0. The van der Waals surface area contributed by atoms with Crippen molar-refractivity contribution in [1.82, 2.24) is 0 Å². The molecule has 2 aliphatic heterocycles. The molecule has 2 aliphatic rings. The van der Waals surface area contributed by atoms with Crippen molar-refractivity contribution < 1.29 is 32.3 Å². The third-order valence-corrected chi connectivity index (χ3v) is 12.0. The maximum atomic E-state index is 11.9. The van der Waals surface area contributed by atoms with Gasteiger partial charge in [-0.3, -0.25) is 0 Å². The van der Waals surface area contributed by atoms with Gasteiger partial charge in [-0.05, 0) is 0 Å². The first-order chi connectivity index (χ1) is 21.4. The molecule has 0 fully saturated rings. The van der Waals surface area contributed by atoms with E-state index in [4.69, 9.17) is 8.11 Å². The van der Waals surface area contributed by atoms with E-state index in [9.17, 15) is 14.0 Å². The van der Waals surface area contributed by atoms with Gasteiger partial charge in [-0.2, -0.15) is 0 Å². The van der Waals surface area contributed by atoms with Crippen LogP contribution in [0.2, 0.25) is 0 Å². The summed E-state index contributed by atoms with van der Waals surface area (Å²) >= 11 is -2.74. The number of benzene rings is 4. The third kappa shape index (κ3) is 7.40. The third-order valence-electron chi connectivity index (χ3n) is 6.76. The minimum absolute atomic E-state index is 0.690. The fraction of sp³-hybridized carbons (Fsp3) is 0. The first kappa shape index (κ1) is 29.7. The molecule has 0 radical (unpaired) electrons. The number of hydrogen-bond acceptors (Lipinski definition) is 5. The van der Waals surface area contributed by atoms with Gasteiger partial charge in [0.2, 0.25) is 0 Å². The zero-order valence-corrected chi connectivity index (χ0v) is 25.9. The quantitative estimate of drug-likeness (QED) is 0.251. The molecule has 0 saturated carbocycles. The Morgan fingerprint density at radius 1 is 0.568 bits per heavy atom. The number of ether oxygens (including phenoxy) is 1. The van der Waals surface area contributed by atoms with Crippen LogP contribution in [0.5, 0.6) is 0 Å². The molecule has 0 aliphatic carbocycles. The van der Waals surface area contributed by atoms with E-state index in [2.05, 4.69) is 0 Å². The zero-order valence-electron chi connectivity index (χ0n) is 23.4. The zero-order chi connectivity index (χ0) is 30.4. The second kappa shape index (κ2) is 13.5. The Morgan fingerprint density at radius 3 is 1.55 bits per heavy atom. The summed E-state index contributed by atoms with van der Waals surface area (Å²) in [7, 11) is -4.64. The molecule has 0 spiro atoms. The number of hydrogen-bond donors (Lipinski definition) is 0. The summed E-state index contributed by atoms with van der Waals surface area (Å²) in [5.41, 5.74) is 5.34. The van der Waals surface area contributed by atoms with Crippen molar-refractivity contribution >= 4 is 34.2 Å². The molecule has 6 rings (SSSR count). The Morgan fingerprint density at radius 2 is 1.05 bits per heavy atom. The molecular weight excluding hydrogens is 639 g/mol. The van der Waals surface area contributed by atoms with Crippen molar-refractivity contribution in [1.29, 1.82) is 0 Å². The van der Waals surface area contributed by atoms with Gasteiger partial charge in [0, 0.05) is 0 Å². The Labute approximate surface area is 262 Å². The van der Waals surface area contributed by atoms with Gasteiger partial charge in [0.15, 0.2) is 0 Å². The molecule has 44 heavy (non-hydrogen) atoms. The summed E-state index contributed by atoms with van der Waals surface area (Å²) in [6, 6.07) is 38.8. The van der Waals surface area contributed by atoms with Crippen LogP contribution in [0.4, 0.5) is 0 Å². The fourth-order valence-corrected chi connectivity index (χ4v) is 9.88. The molecule has 1 unspecified atom stereocenters. The van der Waals surface area contributed by atoms with E-state index in [0.29, 0.717) is 8.89 Å². The van der Waals surface area contributed by atoms with Gasteiger partial charge in [-0.1, -0.05) is 12.1 Å². The van der Waals surface area contributed by atoms with E-state index in [1.54, 1.807) is 0 Å². The van der Waals surface area contributed by atoms with E-state index >= 15 is 0 Å². The van der Waals surface area contributed by atoms with E-state index < -0.39 is 24.0 Å². The van der Waals surface area contributed by atoms with Crippen LogP contribution in [0.3, 0.4) is 0 Å². The number of rotatable bonds is 8. The summed E-state index contributed by atoms with van der Waals surface area (Å²) < 4.78 is 48.5. The van der Waals surface area contributed by atoms with E-state index in [1.165, 1.54) is 0 Å². The fourth-order valence-electron chi connectivity index (χ4n) is 4.77. The first-order valence-electron chi connectivity index (χ1n) is 13.8. The van der Waals surface area contributed by atoms with Crippen LogP contribution in [-0.2, 0) is 8.11 Å². The van der Waals surface area contributed by atoms with Crippen LogP contribution >= 0.6 is 0 Å². The Hall–Kier alpha value is -4.36. The van der Waals surface area contributed by atoms with Crippen molar-refractivity contribution in [3.63, 3.8) is 0 Å². The van der Waals surface area contributed by atoms with Crippen molar-refractivity contribution in [2.24, 2.45) is 0 Å². The van der Waals surface area contributed by atoms with Crippen molar-refractivity contribution in [3.8, 4) is 0 Å². The maximum absolute atomic E-state index is 11.9. The van der Waals surface area contributed by atoms with Crippen molar-refractivity contribution in [2.75, 3.05) is 0 Å². The molecule has 0 bridgehead atoms. The Kier molecular flexibility index (Phi) is 9.12. The predicted octanol–water partition coefficient (Wildman–Crippen LogP) is 4.85. The van der Waals surface area contributed by atoms with E-state index in [1.807, 2.05) is 164 Å². The Balaban J connectivity index is 1.42. The molecule has 0 saturated heterocycles. The molecule has 2 heterocycles. The SMILES string of the molecule is [O-][Cl+3]([O-])([O-])O[Se]1=C(c2ccccc2)C=C(/C=C/C=C2C=C(c3ccccc3)OC(c3ccccc3)=C2)C=C1c1ccccc1. The van der Waals surface area contributed by atoms with Gasteiger partial charge in [-0.15, -0.1) is 0 Å². The summed E-state index contributed by atoms with van der Waals surface area (Å²) in [6.07, 6.45) is 13.7. The van der Waals surface area contributed by atoms with Crippen LogP contribution < -0.4 is 14.0 Å². The van der Waals surface area contributed by atoms with Gasteiger partial charge in [0.1, 0.15) is 0 Å². The minimum atomic E-state index is -4.64. The average molecular weight is 666 g/mol. The summed E-state index contributed by atoms with van der Waals surface area (Å²) in [5.74, 6) is 1.50. The number of halogens is 1. The monoisotopic (exact) mass is 666 g/mol. The topological polar surface area (TPSA) is 87.6 Å². The molecule has 0 amide bonds. The van der Waals surface area contributed by atoms with Gasteiger partial charge in [-0.25, -0.2) is 0 Å². The van der Waals surface area contributed by atoms with Crippen LogP contribution in [0, 0.1) is 10.2 Å². The molecule has 5 nitrogen and oxygen atoms in total. The standard InChI is InChI=1S/C37H27ClO5Se/c39-38(40,41)43-44-36(32-20-9-3-10-21-32)26-29(27-37(44)33-22-11-4-12-23-33)15-13-14-28-24-34(30-16-5-1-6-17-30)42-35(25-28)31-18-7-2-8-19-31/h1-27H/b15-13+. The van der Waals surface area contributed by atoms with Crippen molar-refractivity contribution in [2.45, 2.75) is 0 Å². The molecule has 7 heteroatoms. The molecule has 0 N–H and O–H groups in total. The summed E-state index contributed by atoms with van der Waals surface area (Å²) in [4.78, 5) is 0. The second-order valence-corrected chi connectivity index (χ2v) is 14.5. The van der Waals surface area contributed by atoms with Gasteiger partial charge in [0.05, 0.1) is 0 Å². The van der Waals surface area contributed by atoms with Crippen LogP contribution in [-0.4, -0.2) is 18.2 Å². The van der Waals surface area contributed by atoms with Crippen LogP contribution in [0.25, 0.3) is 16.0 Å². The summed E-state index contributed by atoms with van der Waals surface area (Å²) in [6.45, 7) is 0.